The molecule has 0 saturated heterocycles. The highest BCUT2D eigenvalue weighted by molar-refractivity contribution is 7.91. The molecule has 1 aromatic carbocycles. The molecule has 4 nitrogen and oxygen atoms in total. The summed E-state index contributed by atoms with van der Waals surface area (Å²) in [5.41, 5.74) is 6.49. The molecule has 1 aromatic rings. The molecule has 0 unspecified atom stereocenters. The Balaban J connectivity index is 2.46. The number of benzene rings is 1. The highest BCUT2D eigenvalue weighted by Gasteiger charge is 2.15. The van der Waals surface area contributed by atoms with Crippen molar-refractivity contribution in [2.75, 3.05) is 12.4 Å². The van der Waals surface area contributed by atoms with E-state index in [0.29, 0.717) is 12.3 Å². The molecule has 5 heteroatoms. The number of rotatable bonds is 6. The lowest BCUT2D eigenvalue weighted by Gasteiger charge is -2.09. The van der Waals surface area contributed by atoms with Crippen LogP contribution in [0.2, 0.25) is 0 Å². The summed E-state index contributed by atoms with van der Waals surface area (Å²) < 4.78 is 28.4. The van der Waals surface area contributed by atoms with E-state index in [-0.39, 0.29) is 17.6 Å². The number of hydrogen-bond donors (Lipinski definition) is 1. The monoisotopic (exact) mass is 257 g/mol. The Kier molecular flexibility index (Phi) is 4.96. The number of ether oxygens (including phenoxy) is 1. The van der Waals surface area contributed by atoms with Crippen LogP contribution in [0.4, 0.5) is 0 Å². The first-order valence-corrected chi connectivity index (χ1v) is 7.30. The van der Waals surface area contributed by atoms with Crippen LogP contribution >= 0.6 is 0 Å². The molecular formula is C12H19NO3S. The van der Waals surface area contributed by atoms with Crippen LogP contribution in [0.1, 0.15) is 19.4 Å². The molecule has 0 amide bonds. The summed E-state index contributed by atoms with van der Waals surface area (Å²) in [7, 11) is -3.03. The molecule has 0 atom stereocenters. The van der Waals surface area contributed by atoms with Crippen LogP contribution in [0.25, 0.3) is 0 Å². The van der Waals surface area contributed by atoms with Crippen LogP contribution in [0.15, 0.2) is 24.3 Å². The predicted octanol–water partition coefficient (Wildman–Crippen LogP) is 1.35. The van der Waals surface area contributed by atoms with Crippen molar-refractivity contribution in [1.82, 2.24) is 0 Å². The molecular weight excluding hydrogens is 238 g/mol. The third kappa shape index (κ3) is 4.36. The maximum absolute atomic E-state index is 11.5. The minimum Gasteiger partial charge on any atom is -0.493 e. The van der Waals surface area contributed by atoms with Gasteiger partial charge in [0.05, 0.1) is 11.0 Å². The zero-order chi connectivity index (χ0) is 12.9. The molecule has 0 fully saturated rings. The van der Waals surface area contributed by atoms with Gasteiger partial charge in [0.15, 0.2) is 9.84 Å². The second-order valence-corrected chi connectivity index (χ2v) is 6.79. The molecule has 0 saturated carbocycles. The van der Waals surface area contributed by atoms with Crippen molar-refractivity contribution in [2.45, 2.75) is 25.6 Å². The zero-order valence-corrected chi connectivity index (χ0v) is 11.0. The second-order valence-electron chi connectivity index (χ2n) is 4.11. The molecule has 0 aliphatic carbocycles. The van der Waals surface area contributed by atoms with E-state index in [0.717, 1.165) is 5.56 Å². The summed E-state index contributed by atoms with van der Waals surface area (Å²) in [6, 6.07) is 7.33. The first kappa shape index (κ1) is 14.0. The molecule has 1 rings (SSSR count). The van der Waals surface area contributed by atoms with Crippen molar-refractivity contribution in [2.24, 2.45) is 5.73 Å². The smallest absolute Gasteiger partial charge is 0.155 e. The van der Waals surface area contributed by atoms with Crippen LogP contribution in [-0.2, 0) is 16.4 Å². The molecule has 0 radical (unpaired) electrons. The molecule has 17 heavy (non-hydrogen) atoms. The summed E-state index contributed by atoms with van der Waals surface area (Å²) in [4.78, 5) is 0. The standard InChI is InChI=1S/C12H19NO3S/c1-10(2)17(14,15)8-7-16-12-5-3-11(9-13)4-6-12/h3-6,10H,7-9,13H2,1-2H3. The molecule has 0 aliphatic rings. The van der Waals surface area contributed by atoms with E-state index in [1.54, 1.807) is 26.0 Å². The highest BCUT2D eigenvalue weighted by Crippen LogP contribution is 2.12. The normalized spacial score (nSPS) is 11.8. The molecule has 0 spiro atoms. The van der Waals surface area contributed by atoms with Gasteiger partial charge >= 0.3 is 0 Å². The fourth-order valence-corrected chi connectivity index (χ4v) is 2.02. The van der Waals surface area contributed by atoms with Crippen molar-refractivity contribution in [1.29, 1.82) is 0 Å². The van der Waals surface area contributed by atoms with Crippen molar-refractivity contribution >= 4 is 9.84 Å². The van der Waals surface area contributed by atoms with Crippen LogP contribution in [0, 0.1) is 0 Å². The van der Waals surface area contributed by atoms with Gasteiger partial charge in [0.25, 0.3) is 0 Å². The van der Waals surface area contributed by atoms with Gasteiger partial charge in [0.2, 0.25) is 0 Å². The Morgan fingerprint density at radius 2 is 1.82 bits per heavy atom. The van der Waals surface area contributed by atoms with Crippen molar-refractivity contribution in [3.8, 4) is 5.75 Å². The van der Waals surface area contributed by atoms with E-state index in [9.17, 15) is 8.42 Å². The Labute approximate surface area is 103 Å². The minimum absolute atomic E-state index is 0.0449. The summed E-state index contributed by atoms with van der Waals surface area (Å²) in [5.74, 6) is 0.713. The molecule has 0 bridgehead atoms. The van der Waals surface area contributed by atoms with Crippen molar-refractivity contribution in [3.05, 3.63) is 29.8 Å². The molecule has 0 heterocycles. The number of hydrogen-bond acceptors (Lipinski definition) is 4. The van der Waals surface area contributed by atoms with Gasteiger partial charge in [-0.3, -0.25) is 0 Å². The van der Waals surface area contributed by atoms with Crippen LogP contribution in [-0.4, -0.2) is 26.0 Å². The highest BCUT2D eigenvalue weighted by atomic mass is 32.2. The van der Waals surface area contributed by atoms with Gasteiger partial charge in [-0.15, -0.1) is 0 Å². The molecule has 96 valence electrons. The summed E-state index contributed by atoms with van der Waals surface area (Å²) in [6.45, 7) is 4.02. The SMILES string of the molecule is CC(C)S(=O)(=O)CCOc1ccc(CN)cc1. The first-order chi connectivity index (χ1) is 7.95. The number of sulfone groups is 1. The van der Waals surface area contributed by atoms with Gasteiger partial charge in [0, 0.05) is 6.54 Å². The fourth-order valence-electron chi connectivity index (χ4n) is 1.23. The first-order valence-electron chi connectivity index (χ1n) is 5.59. The largest absolute Gasteiger partial charge is 0.493 e. The van der Waals surface area contributed by atoms with E-state index >= 15 is 0 Å². The van der Waals surface area contributed by atoms with Gasteiger partial charge in [-0.1, -0.05) is 12.1 Å². The lowest BCUT2D eigenvalue weighted by molar-refractivity contribution is 0.340. The Bertz CT molecular complexity index is 437. The Morgan fingerprint density at radius 3 is 2.29 bits per heavy atom. The quantitative estimate of drug-likeness (QED) is 0.835. The van der Waals surface area contributed by atoms with Gasteiger partial charge in [-0.25, -0.2) is 8.42 Å². The van der Waals surface area contributed by atoms with Gasteiger partial charge < -0.3 is 10.5 Å². The van der Waals surface area contributed by atoms with E-state index < -0.39 is 9.84 Å². The average Bonchev–Trinajstić information content (AvgIpc) is 2.29. The van der Waals surface area contributed by atoms with Gasteiger partial charge in [0.1, 0.15) is 12.4 Å². The van der Waals surface area contributed by atoms with Crippen molar-refractivity contribution in [3.63, 3.8) is 0 Å². The van der Waals surface area contributed by atoms with Crippen LogP contribution in [0.3, 0.4) is 0 Å². The lowest BCUT2D eigenvalue weighted by Crippen LogP contribution is -2.22. The summed E-state index contributed by atoms with van der Waals surface area (Å²) in [6.07, 6.45) is 0. The maximum atomic E-state index is 11.5. The van der Waals surface area contributed by atoms with E-state index in [1.165, 1.54) is 0 Å². The Morgan fingerprint density at radius 1 is 1.24 bits per heavy atom. The van der Waals surface area contributed by atoms with E-state index in [1.807, 2.05) is 12.1 Å². The third-order valence-electron chi connectivity index (χ3n) is 2.51. The van der Waals surface area contributed by atoms with Crippen molar-refractivity contribution < 1.29 is 13.2 Å². The second kappa shape index (κ2) is 6.02. The topological polar surface area (TPSA) is 69.4 Å². The Hall–Kier alpha value is -1.07. The molecule has 0 aromatic heterocycles. The van der Waals surface area contributed by atoms with Crippen LogP contribution in [0.5, 0.6) is 5.75 Å². The number of nitrogens with two attached hydrogens (primary N) is 1. The zero-order valence-electron chi connectivity index (χ0n) is 10.2. The third-order valence-corrected chi connectivity index (χ3v) is 4.69. The average molecular weight is 257 g/mol. The lowest BCUT2D eigenvalue weighted by atomic mass is 10.2. The molecule has 2 N–H and O–H groups in total. The van der Waals surface area contributed by atoms with Crippen LogP contribution < -0.4 is 10.5 Å². The summed E-state index contributed by atoms with van der Waals surface area (Å²) in [5, 5.41) is -0.356. The van der Waals surface area contributed by atoms with Gasteiger partial charge in [-0.05, 0) is 31.5 Å². The molecule has 0 aliphatic heterocycles. The fraction of sp³-hybridized carbons (Fsp3) is 0.500. The predicted molar refractivity (Wildman–Crippen MR) is 68.8 cm³/mol. The van der Waals surface area contributed by atoms with E-state index in [2.05, 4.69) is 0 Å². The maximum Gasteiger partial charge on any atom is 0.155 e. The minimum atomic E-state index is -3.03. The van der Waals surface area contributed by atoms with Gasteiger partial charge in [-0.2, -0.15) is 0 Å². The van der Waals surface area contributed by atoms with E-state index in [4.69, 9.17) is 10.5 Å². The summed E-state index contributed by atoms with van der Waals surface area (Å²) >= 11 is 0.